The molecule has 0 amide bonds. The number of rotatable bonds is 37. The van der Waals surface area contributed by atoms with Crippen molar-refractivity contribution in [2.45, 2.75) is 161 Å². The number of phosphoric ester groups is 1. The van der Waals surface area contributed by atoms with Gasteiger partial charge in [-0.05, 0) is 77.0 Å². The van der Waals surface area contributed by atoms with E-state index in [0.29, 0.717) is 19.3 Å². The Balaban J connectivity index is 4.47. The van der Waals surface area contributed by atoms with E-state index in [1.807, 2.05) is 12.2 Å². The van der Waals surface area contributed by atoms with Crippen molar-refractivity contribution < 1.29 is 47.8 Å². The van der Waals surface area contributed by atoms with E-state index in [4.69, 9.17) is 19.1 Å². The van der Waals surface area contributed by atoms with Crippen molar-refractivity contribution in [3.63, 3.8) is 0 Å². The Morgan fingerprint density at radius 1 is 0.574 bits per heavy atom. The molecule has 1 unspecified atom stereocenters. The lowest BCUT2D eigenvalue weighted by Gasteiger charge is -2.20. The molecule has 0 heterocycles. The molecule has 54 heavy (non-hydrogen) atoms. The predicted octanol–water partition coefficient (Wildman–Crippen LogP) is 10.5. The van der Waals surface area contributed by atoms with Gasteiger partial charge in [-0.1, -0.05) is 132 Å². The highest BCUT2D eigenvalue weighted by Gasteiger charge is 2.27. The zero-order valence-corrected chi connectivity index (χ0v) is 34.3. The molecule has 3 atom stereocenters. The van der Waals surface area contributed by atoms with Gasteiger partial charge in [0.1, 0.15) is 12.7 Å². The van der Waals surface area contributed by atoms with Gasteiger partial charge in [0.05, 0.1) is 19.8 Å². The molecule has 0 fully saturated rings. The van der Waals surface area contributed by atoms with Crippen molar-refractivity contribution in [2.24, 2.45) is 0 Å². The fourth-order valence-electron chi connectivity index (χ4n) is 4.96. The van der Waals surface area contributed by atoms with E-state index in [0.717, 1.165) is 70.6 Å². The number of carbonyl (C=O) groups is 2. The van der Waals surface area contributed by atoms with E-state index < -0.39 is 51.8 Å². The lowest BCUT2D eigenvalue weighted by Crippen LogP contribution is -2.29. The Bertz CT molecular complexity index is 1130. The van der Waals surface area contributed by atoms with Crippen LogP contribution in [0, 0.1) is 0 Å². The summed E-state index contributed by atoms with van der Waals surface area (Å²) < 4.78 is 32.6. The van der Waals surface area contributed by atoms with Crippen LogP contribution in [0.25, 0.3) is 0 Å². The Morgan fingerprint density at radius 3 is 1.61 bits per heavy atom. The van der Waals surface area contributed by atoms with Gasteiger partial charge in [0.25, 0.3) is 0 Å². The van der Waals surface area contributed by atoms with Gasteiger partial charge in [-0.25, -0.2) is 4.57 Å². The van der Waals surface area contributed by atoms with Gasteiger partial charge in [0, 0.05) is 12.8 Å². The van der Waals surface area contributed by atoms with Crippen molar-refractivity contribution in [1.29, 1.82) is 0 Å². The van der Waals surface area contributed by atoms with Crippen LogP contribution < -0.4 is 0 Å². The minimum Gasteiger partial charge on any atom is -0.462 e. The van der Waals surface area contributed by atoms with Crippen LogP contribution in [0.15, 0.2) is 72.9 Å². The molecule has 310 valence electrons. The highest BCUT2D eigenvalue weighted by molar-refractivity contribution is 7.47. The topological polar surface area (TPSA) is 149 Å². The molecule has 0 aliphatic heterocycles. The highest BCUT2D eigenvalue weighted by Crippen LogP contribution is 2.43. The molecule has 0 aromatic rings. The number of hydrogen-bond donors (Lipinski definition) is 3. The molecule has 0 radical (unpaired) electrons. The van der Waals surface area contributed by atoms with Crippen LogP contribution in [0.3, 0.4) is 0 Å². The van der Waals surface area contributed by atoms with Crippen molar-refractivity contribution in [3.8, 4) is 0 Å². The predicted molar refractivity (Wildman–Crippen MR) is 219 cm³/mol. The van der Waals surface area contributed by atoms with Gasteiger partial charge in [-0.3, -0.25) is 18.6 Å². The minimum atomic E-state index is -4.64. The second kappa shape index (κ2) is 38.7. The van der Waals surface area contributed by atoms with Crippen LogP contribution in [-0.2, 0) is 32.7 Å². The summed E-state index contributed by atoms with van der Waals surface area (Å²) in [5, 5.41) is 18.3. The van der Waals surface area contributed by atoms with E-state index in [2.05, 4.69) is 79.1 Å². The first kappa shape index (κ1) is 51.4. The molecule has 0 aliphatic rings. The second-order valence-corrected chi connectivity index (χ2v) is 14.7. The van der Waals surface area contributed by atoms with Crippen molar-refractivity contribution in [1.82, 2.24) is 0 Å². The number of hydrogen-bond acceptors (Lipinski definition) is 9. The maximum atomic E-state index is 12.6. The van der Waals surface area contributed by atoms with Gasteiger partial charge < -0.3 is 24.6 Å². The largest absolute Gasteiger partial charge is 0.472 e. The maximum absolute atomic E-state index is 12.6. The molecule has 0 saturated carbocycles. The summed E-state index contributed by atoms with van der Waals surface area (Å²) >= 11 is 0. The monoisotopic (exact) mass is 780 g/mol. The standard InChI is InChI=1S/C43H73O10P/c1-3-5-7-9-11-13-15-17-19-20-21-23-25-27-29-31-33-35-43(47)53-41(39-52-54(48,49)51-37-40(45)36-44)38-50-42(46)34-32-30-28-26-24-22-18-16-14-12-10-8-6-4-2/h5,7,11,13,16-19,21,23,27,29,40-41,44-45H,3-4,6,8-10,12,14-15,20,22,24-26,28,30-39H2,1-2H3,(H,48,49)/b7-5-,13-11-,18-16-,19-17-,23-21-,29-27-/t40-,41+/m0/s1. The van der Waals surface area contributed by atoms with Crippen LogP contribution in [0.4, 0.5) is 0 Å². The molecular weight excluding hydrogens is 707 g/mol. The fourth-order valence-corrected chi connectivity index (χ4v) is 5.75. The van der Waals surface area contributed by atoms with Gasteiger partial charge in [0.2, 0.25) is 0 Å². The van der Waals surface area contributed by atoms with E-state index in [-0.39, 0.29) is 19.4 Å². The van der Waals surface area contributed by atoms with E-state index in [1.165, 1.54) is 32.1 Å². The average molecular weight is 781 g/mol. The average Bonchev–Trinajstić information content (AvgIpc) is 3.16. The van der Waals surface area contributed by atoms with Gasteiger partial charge in [0.15, 0.2) is 6.10 Å². The molecule has 0 bridgehead atoms. The van der Waals surface area contributed by atoms with Crippen LogP contribution in [0.1, 0.15) is 149 Å². The molecule has 10 nitrogen and oxygen atoms in total. The Hall–Kier alpha value is -2.59. The minimum absolute atomic E-state index is 0.101. The van der Waals surface area contributed by atoms with Crippen molar-refractivity contribution >= 4 is 19.8 Å². The zero-order valence-electron chi connectivity index (χ0n) is 33.4. The normalized spacial score (nSPS) is 14.7. The van der Waals surface area contributed by atoms with E-state index in [1.54, 1.807) is 0 Å². The Kier molecular flexibility index (Phi) is 36.8. The van der Waals surface area contributed by atoms with Gasteiger partial charge in [-0.2, -0.15) is 0 Å². The zero-order chi connectivity index (χ0) is 39.8. The fraction of sp³-hybridized carbons (Fsp3) is 0.674. The number of unbranched alkanes of at least 4 members (excludes halogenated alkanes) is 11. The smallest absolute Gasteiger partial charge is 0.462 e. The third-order valence-corrected chi connectivity index (χ3v) is 9.05. The van der Waals surface area contributed by atoms with Crippen molar-refractivity contribution in [3.05, 3.63) is 72.9 Å². The summed E-state index contributed by atoms with van der Waals surface area (Å²) in [7, 11) is -4.64. The molecule has 3 N–H and O–H groups in total. The van der Waals surface area contributed by atoms with Crippen LogP contribution in [-0.4, -0.2) is 65.7 Å². The summed E-state index contributed by atoms with van der Waals surface area (Å²) in [6, 6.07) is 0. The highest BCUT2D eigenvalue weighted by atomic mass is 31.2. The van der Waals surface area contributed by atoms with Crippen LogP contribution in [0.5, 0.6) is 0 Å². The first-order chi connectivity index (χ1) is 26.2. The number of esters is 2. The van der Waals surface area contributed by atoms with Gasteiger partial charge >= 0.3 is 19.8 Å². The Labute approximate surface area is 327 Å². The molecule has 11 heteroatoms. The quantitative estimate of drug-likeness (QED) is 0.0241. The van der Waals surface area contributed by atoms with Crippen LogP contribution >= 0.6 is 7.82 Å². The number of allylic oxidation sites excluding steroid dienone is 12. The van der Waals surface area contributed by atoms with Gasteiger partial charge in [-0.15, -0.1) is 0 Å². The Morgan fingerprint density at radius 2 is 1.04 bits per heavy atom. The summed E-state index contributed by atoms with van der Waals surface area (Å²) in [6.07, 6.45) is 43.0. The first-order valence-electron chi connectivity index (χ1n) is 20.4. The third kappa shape index (κ3) is 37.7. The molecule has 0 rings (SSSR count). The molecule has 0 aromatic carbocycles. The second-order valence-electron chi connectivity index (χ2n) is 13.3. The molecule has 0 aliphatic carbocycles. The summed E-state index contributed by atoms with van der Waals surface area (Å²) in [4.78, 5) is 34.9. The van der Waals surface area contributed by atoms with Crippen LogP contribution in [0.2, 0.25) is 0 Å². The lowest BCUT2D eigenvalue weighted by molar-refractivity contribution is -0.161. The number of aliphatic hydroxyl groups excluding tert-OH is 2. The number of ether oxygens (including phenoxy) is 2. The maximum Gasteiger partial charge on any atom is 0.472 e. The SMILES string of the molecule is CC/C=C\C/C=C\C/C=C\C/C=C\C/C=C\CCCC(=O)O[C@H](COC(=O)CCCCCCC/C=C\CCCCCCC)COP(=O)(O)OC[C@@H](O)CO. The number of phosphoric acid groups is 1. The summed E-state index contributed by atoms with van der Waals surface area (Å²) in [5.74, 6) is -1.01. The summed E-state index contributed by atoms with van der Waals surface area (Å²) in [6.45, 7) is 2.16. The number of carbonyl (C=O) groups excluding carboxylic acids is 2. The summed E-state index contributed by atoms with van der Waals surface area (Å²) in [5.41, 5.74) is 0. The van der Waals surface area contributed by atoms with E-state index in [9.17, 15) is 24.2 Å². The first-order valence-corrected chi connectivity index (χ1v) is 21.9. The number of aliphatic hydroxyl groups is 2. The third-order valence-electron chi connectivity index (χ3n) is 8.09. The lowest BCUT2D eigenvalue weighted by atomic mass is 10.1. The van der Waals surface area contributed by atoms with Crippen molar-refractivity contribution in [2.75, 3.05) is 26.4 Å². The molecule has 0 saturated heterocycles. The molecule has 0 aromatic heterocycles. The molecular formula is C43H73O10P. The van der Waals surface area contributed by atoms with E-state index >= 15 is 0 Å². The molecule has 0 spiro atoms.